The lowest BCUT2D eigenvalue weighted by Gasteiger charge is -2.22. The number of halogens is 5. The van der Waals surface area contributed by atoms with E-state index in [1.54, 1.807) is 0 Å². The Kier molecular flexibility index (Phi) is 5.28. The minimum absolute atomic E-state index is 0.0816. The molecule has 26 heavy (non-hydrogen) atoms. The number of pyridine rings is 1. The lowest BCUT2D eigenvalue weighted by molar-refractivity contribution is -0.137. The van der Waals surface area contributed by atoms with E-state index in [1.165, 1.54) is 0 Å². The van der Waals surface area contributed by atoms with Gasteiger partial charge in [0.25, 0.3) is 10.0 Å². The summed E-state index contributed by atoms with van der Waals surface area (Å²) in [5, 5.41) is -0.611. The van der Waals surface area contributed by atoms with Crippen LogP contribution in [0.3, 0.4) is 0 Å². The highest BCUT2D eigenvalue weighted by atomic mass is 35.5. The fourth-order valence-corrected chi connectivity index (χ4v) is 3.06. The van der Waals surface area contributed by atoms with Gasteiger partial charge in [-0.1, -0.05) is 11.6 Å². The van der Waals surface area contributed by atoms with E-state index in [-0.39, 0.29) is 4.41 Å². The number of carbonyl (C=O) groups excluding carboxylic acids is 1. The molecule has 0 atom stereocenters. The van der Waals surface area contributed by atoms with Crippen molar-refractivity contribution in [2.24, 2.45) is 5.73 Å². The van der Waals surface area contributed by atoms with Gasteiger partial charge in [-0.3, -0.25) is 5.43 Å². The maximum atomic E-state index is 12.9. The molecule has 7 nitrogen and oxygen atoms in total. The van der Waals surface area contributed by atoms with E-state index in [9.17, 15) is 30.8 Å². The Balaban J connectivity index is 2.40. The zero-order valence-corrected chi connectivity index (χ0v) is 14.0. The highest BCUT2D eigenvalue weighted by Gasteiger charge is 2.33. The second-order valence-electron chi connectivity index (χ2n) is 4.73. The molecular weight excluding hydrogens is 404 g/mol. The number of benzene rings is 1. The predicted octanol–water partition coefficient (Wildman–Crippen LogP) is 2.99. The van der Waals surface area contributed by atoms with Crippen molar-refractivity contribution in [3.05, 3.63) is 52.9 Å². The molecule has 1 heterocycles. The van der Waals surface area contributed by atoms with E-state index in [2.05, 4.69) is 4.98 Å². The number of nitrogens with two attached hydrogens (primary N) is 1. The molecule has 0 fully saturated rings. The molecule has 2 amide bonds. The monoisotopic (exact) mass is 412 g/mol. The van der Waals surface area contributed by atoms with Crippen molar-refractivity contribution in [2.45, 2.75) is 11.1 Å². The van der Waals surface area contributed by atoms with Crippen LogP contribution in [0.15, 0.2) is 41.4 Å². The van der Waals surface area contributed by atoms with Crippen LogP contribution in [0.25, 0.3) is 0 Å². The highest BCUT2D eigenvalue weighted by Crippen LogP contribution is 2.32. The molecule has 1 aromatic carbocycles. The average molecular weight is 413 g/mol. The molecule has 0 saturated heterocycles. The lowest BCUT2D eigenvalue weighted by atomic mass is 10.3. The largest absolute Gasteiger partial charge is 0.417 e. The maximum Gasteiger partial charge on any atom is 0.417 e. The van der Waals surface area contributed by atoms with E-state index in [4.69, 9.17) is 17.3 Å². The Labute approximate surface area is 149 Å². The first-order valence-corrected chi connectivity index (χ1v) is 8.34. The molecule has 0 unspecified atom stereocenters. The number of anilines is 1. The predicted molar refractivity (Wildman–Crippen MR) is 82.9 cm³/mol. The standard InChI is InChI=1S/C13H9ClF4N4O3S/c14-10-5-7(13(16,17)18)6-20-11(10)21-22(12(19)23)26(24,25)9-3-1-8(15)2-4-9/h1-6H,(H2,19,23)(H,20,21). The molecule has 3 N–H and O–H groups in total. The zero-order valence-electron chi connectivity index (χ0n) is 12.5. The van der Waals surface area contributed by atoms with Gasteiger partial charge in [0.2, 0.25) is 0 Å². The van der Waals surface area contributed by atoms with E-state index in [0.29, 0.717) is 12.3 Å². The molecule has 0 radical (unpaired) electrons. The molecule has 0 aliphatic heterocycles. The molecule has 140 valence electrons. The van der Waals surface area contributed by atoms with Crippen molar-refractivity contribution in [1.82, 2.24) is 9.40 Å². The van der Waals surface area contributed by atoms with Gasteiger partial charge in [0.1, 0.15) is 5.82 Å². The third-order valence-corrected chi connectivity index (χ3v) is 4.84. The number of nitrogens with zero attached hydrogens (tertiary/aromatic N) is 2. The summed E-state index contributed by atoms with van der Waals surface area (Å²) in [6.45, 7) is 0. The second kappa shape index (κ2) is 6.96. The van der Waals surface area contributed by atoms with Crippen LogP contribution < -0.4 is 11.2 Å². The van der Waals surface area contributed by atoms with Crippen molar-refractivity contribution in [1.29, 1.82) is 0 Å². The van der Waals surface area contributed by atoms with Gasteiger partial charge in [-0.25, -0.2) is 14.2 Å². The number of urea groups is 1. The van der Waals surface area contributed by atoms with Crippen molar-refractivity contribution in [3.8, 4) is 0 Å². The number of rotatable bonds is 4. The quantitative estimate of drug-likeness (QED) is 0.593. The maximum absolute atomic E-state index is 12.9. The number of amides is 2. The minimum Gasteiger partial charge on any atom is -0.349 e. The summed E-state index contributed by atoms with van der Waals surface area (Å²) >= 11 is 5.65. The van der Waals surface area contributed by atoms with Gasteiger partial charge in [0, 0.05) is 6.20 Å². The Bertz CT molecular complexity index is 935. The van der Waals surface area contributed by atoms with Gasteiger partial charge in [0.05, 0.1) is 15.5 Å². The average Bonchev–Trinajstić information content (AvgIpc) is 2.52. The van der Waals surface area contributed by atoms with Crippen LogP contribution in [0.2, 0.25) is 5.02 Å². The summed E-state index contributed by atoms with van der Waals surface area (Å²) in [5.74, 6) is -1.29. The van der Waals surface area contributed by atoms with Crippen molar-refractivity contribution in [3.63, 3.8) is 0 Å². The zero-order chi connectivity index (χ0) is 19.7. The third kappa shape index (κ3) is 4.14. The summed E-state index contributed by atoms with van der Waals surface area (Å²) in [6, 6.07) is 2.35. The fraction of sp³-hybridized carbons (Fsp3) is 0.0769. The Morgan fingerprint density at radius 3 is 2.27 bits per heavy atom. The topological polar surface area (TPSA) is 105 Å². The van der Waals surface area contributed by atoms with Crippen LogP contribution in [-0.4, -0.2) is 23.8 Å². The molecule has 13 heteroatoms. The number of hydrazine groups is 1. The first-order valence-electron chi connectivity index (χ1n) is 6.52. The van der Waals surface area contributed by atoms with Crippen LogP contribution in [-0.2, 0) is 16.2 Å². The van der Waals surface area contributed by atoms with Gasteiger partial charge >= 0.3 is 12.2 Å². The molecular formula is C13H9ClF4N4O3S. The summed E-state index contributed by atoms with van der Waals surface area (Å²) in [5.41, 5.74) is 5.77. The first kappa shape index (κ1) is 19.7. The van der Waals surface area contributed by atoms with Crippen molar-refractivity contribution in [2.75, 3.05) is 5.43 Å². The van der Waals surface area contributed by atoms with Gasteiger partial charge < -0.3 is 5.73 Å². The Morgan fingerprint density at radius 1 is 1.23 bits per heavy atom. The molecule has 2 aromatic rings. The number of carbonyl (C=O) groups is 1. The smallest absolute Gasteiger partial charge is 0.349 e. The van der Waals surface area contributed by atoms with Gasteiger partial charge in [-0.05, 0) is 30.3 Å². The lowest BCUT2D eigenvalue weighted by Crippen LogP contribution is -2.44. The fourth-order valence-electron chi connectivity index (χ4n) is 1.72. The minimum atomic E-state index is -4.72. The van der Waals surface area contributed by atoms with Gasteiger partial charge in [-0.15, -0.1) is 4.41 Å². The molecule has 0 saturated carbocycles. The van der Waals surface area contributed by atoms with Gasteiger partial charge in [0.15, 0.2) is 5.82 Å². The van der Waals surface area contributed by atoms with Crippen molar-refractivity contribution >= 4 is 33.5 Å². The second-order valence-corrected chi connectivity index (χ2v) is 6.92. The molecule has 0 aliphatic carbocycles. The Hall–Kier alpha value is -2.60. The SMILES string of the molecule is NC(=O)N(Nc1ncc(C(F)(F)F)cc1Cl)S(=O)(=O)c1ccc(F)cc1. The third-order valence-electron chi connectivity index (χ3n) is 2.93. The normalized spacial score (nSPS) is 11.9. The number of aromatic nitrogens is 1. The summed E-state index contributed by atoms with van der Waals surface area (Å²) in [4.78, 5) is 14.4. The van der Waals surface area contributed by atoms with Crippen LogP contribution in [0.4, 0.5) is 28.2 Å². The number of hydrogen-bond donors (Lipinski definition) is 2. The Morgan fingerprint density at radius 2 is 1.81 bits per heavy atom. The van der Waals surface area contributed by atoms with E-state index >= 15 is 0 Å². The summed E-state index contributed by atoms with van der Waals surface area (Å²) < 4.78 is 75.5. The molecule has 1 aromatic heterocycles. The first-order chi connectivity index (χ1) is 11.9. The van der Waals surface area contributed by atoms with E-state index in [0.717, 1.165) is 24.3 Å². The molecule has 0 spiro atoms. The van der Waals surface area contributed by atoms with E-state index in [1.807, 2.05) is 5.43 Å². The molecule has 0 aliphatic rings. The van der Waals surface area contributed by atoms with Crippen LogP contribution in [0.5, 0.6) is 0 Å². The number of alkyl halides is 3. The summed E-state index contributed by atoms with van der Waals surface area (Å²) in [6.07, 6.45) is -4.34. The number of hydrogen-bond acceptors (Lipinski definition) is 5. The highest BCUT2D eigenvalue weighted by molar-refractivity contribution is 7.89. The number of sulfonamides is 1. The van der Waals surface area contributed by atoms with Gasteiger partial charge in [-0.2, -0.15) is 21.6 Å². The summed E-state index contributed by atoms with van der Waals surface area (Å²) in [7, 11) is -4.61. The number of primary amides is 1. The van der Waals surface area contributed by atoms with Crippen LogP contribution in [0.1, 0.15) is 5.56 Å². The van der Waals surface area contributed by atoms with Crippen LogP contribution >= 0.6 is 11.6 Å². The van der Waals surface area contributed by atoms with E-state index < -0.39 is 49.3 Å². The van der Waals surface area contributed by atoms with Crippen LogP contribution in [0, 0.1) is 5.82 Å². The number of nitrogens with one attached hydrogen (secondary N) is 1. The molecule has 2 rings (SSSR count). The van der Waals surface area contributed by atoms with Crippen molar-refractivity contribution < 1.29 is 30.8 Å². The molecule has 0 bridgehead atoms.